The zero-order valence-electron chi connectivity index (χ0n) is 9.99. The monoisotopic (exact) mass is 253 g/mol. The first-order chi connectivity index (χ1) is 8.15. The van der Waals surface area contributed by atoms with Gasteiger partial charge in [0.05, 0.1) is 7.11 Å². The Morgan fingerprint density at radius 3 is 2.94 bits per heavy atom. The summed E-state index contributed by atoms with van der Waals surface area (Å²) in [6, 6.07) is 1.85. The molecule has 0 aromatic carbocycles. The minimum absolute atomic E-state index is 0.168. The van der Waals surface area contributed by atoms with Crippen LogP contribution in [0.1, 0.15) is 33.5 Å². The Morgan fingerprint density at radius 2 is 2.29 bits per heavy atom. The quantitative estimate of drug-likeness (QED) is 0.755. The van der Waals surface area contributed by atoms with Crippen molar-refractivity contribution in [1.82, 2.24) is 4.90 Å². The lowest BCUT2D eigenvalue weighted by Gasteiger charge is -2.26. The molecular weight excluding hydrogens is 238 g/mol. The Hall–Kier alpha value is -1.36. The van der Waals surface area contributed by atoms with E-state index < -0.39 is 0 Å². The van der Waals surface area contributed by atoms with E-state index in [2.05, 4.69) is 0 Å². The first-order valence-corrected chi connectivity index (χ1v) is 6.45. The molecule has 0 saturated carbocycles. The molecule has 1 aromatic rings. The number of carbonyl (C=O) groups excluding carboxylic acids is 2. The highest BCUT2D eigenvalue weighted by atomic mass is 32.1. The number of methoxy groups -OCH3 is 1. The molecule has 5 heteroatoms. The van der Waals surface area contributed by atoms with Gasteiger partial charge in [-0.1, -0.05) is 6.92 Å². The standard InChI is InChI=1S/C12H15NO3S/c1-3-11(14)13-5-4-9-8(7-13)6-10(17-9)12(15)16-2/h6H,3-5,7H2,1-2H3. The van der Waals surface area contributed by atoms with Crippen LogP contribution in [0.25, 0.3) is 0 Å². The van der Waals surface area contributed by atoms with Gasteiger partial charge >= 0.3 is 5.97 Å². The van der Waals surface area contributed by atoms with Gasteiger partial charge in [0.2, 0.25) is 5.91 Å². The molecular formula is C12H15NO3S. The van der Waals surface area contributed by atoms with Gasteiger partial charge in [-0.3, -0.25) is 4.79 Å². The van der Waals surface area contributed by atoms with E-state index in [0.717, 1.165) is 18.5 Å². The Labute approximate surface area is 104 Å². The fourth-order valence-electron chi connectivity index (χ4n) is 1.97. The number of hydrogen-bond acceptors (Lipinski definition) is 4. The van der Waals surface area contributed by atoms with Gasteiger partial charge in [0.1, 0.15) is 4.88 Å². The molecule has 0 atom stereocenters. The van der Waals surface area contributed by atoms with Crippen LogP contribution in [0.3, 0.4) is 0 Å². The van der Waals surface area contributed by atoms with Crippen LogP contribution >= 0.6 is 11.3 Å². The lowest BCUT2D eigenvalue weighted by atomic mass is 10.1. The third-order valence-electron chi connectivity index (χ3n) is 2.91. The second kappa shape index (κ2) is 4.87. The van der Waals surface area contributed by atoms with Crippen molar-refractivity contribution in [3.8, 4) is 0 Å². The number of thiophene rings is 1. The van der Waals surface area contributed by atoms with Crippen LogP contribution in [-0.2, 0) is 22.5 Å². The number of hydrogen-bond donors (Lipinski definition) is 0. The molecule has 0 unspecified atom stereocenters. The molecule has 1 aliphatic rings. The summed E-state index contributed by atoms with van der Waals surface area (Å²) in [5.41, 5.74) is 1.09. The van der Waals surface area contributed by atoms with E-state index in [1.54, 1.807) is 0 Å². The van der Waals surface area contributed by atoms with E-state index >= 15 is 0 Å². The molecule has 0 fully saturated rings. The summed E-state index contributed by atoms with van der Waals surface area (Å²) >= 11 is 1.48. The molecule has 0 bridgehead atoms. The zero-order valence-corrected chi connectivity index (χ0v) is 10.8. The van der Waals surface area contributed by atoms with Gasteiger partial charge in [0, 0.05) is 24.4 Å². The Balaban J connectivity index is 2.18. The van der Waals surface area contributed by atoms with Gasteiger partial charge in [0.25, 0.3) is 0 Å². The van der Waals surface area contributed by atoms with Gasteiger partial charge in [-0.05, 0) is 18.1 Å². The van der Waals surface area contributed by atoms with Gasteiger partial charge < -0.3 is 9.64 Å². The second-order valence-electron chi connectivity index (χ2n) is 3.97. The van der Waals surface area contributed by atoms with Crippen molar-refractivity contribution >= 4 is 23.2 Å². The number of fused-ring (bicyclic) bond motifs is 1. The highest BCUT2D eigenvalue weighted by Gasteiger charge is 2.23. The van der Waals surface area contributed by atoms with E-state index in [1.165, 1.54) is 23.3 Å². The molecule has 1 aliphatic heterocycles. The number of nitrogens with zero attached hydrogens (tertiary/aromatic N) is 1. The molecule has 0 saturated heterocycles. The highest BCUT2D eigenvalue weighted by molar-refractivity contribution is 7.14. The topological polar surface area (TPSA) is 46.6 Å². The summed E-state index contributed by atoms with van der Waals surface area (Å²) in [6.07, 6.45) is 1.37. The van der Waals surface area contributed by atoms with Crippen LogP contribution < -0.4 is 0 Å². The Morgan fingerprint density at radius 1 is 1.53 bits per heavy atom. The van der Waals surface area contributed by atoms with E-state index in [4.69, 9.17) is 4.74 Å². The van der Waals surface area contributed by atoms with Crippen molar-refractivity contribution in [3.63, 3.8) is 0 Å². The molecule has 4 nitrogen and oxygen atoms in total. The molecule has 17 heavy (non-hydrogen) atoms. The molecule has 0 N–H and O–H groups in total. The molecule has 0 aliphatic carbocycles. The van der Waals surface area contributed by atoms with Crippen molar-refractivity contribution in [3.05, 3.63) is 21.4 Å². The molecule has 2 rings (SSSR count). The average Bonchev–Trinajstić information content (AvgIpc) is 2.79. The first kappa shape index (κ1) is 12.1. The van der Waals surface area contributed by atoms with Crippen LogP contribution in [0.2, 0.25) is 0 Å². The van der Waals surface area contributed by atoms with E-state index in [9.17, 15) is 9.59 Å². The fraction of sp³-hybridized carbons (Fsp3) is 0.500. The smallest absolute Gasteiger partial charge is 0.348 e. The van der Waals surface area contributed by atoms with Crippen LogP contribution in [-0.4, -0.2) is 30.4 Å². The maximum atomic E-state index is 11.6. The fourth-order valence-corrected chi connectivity index (χ4v) is 3.05. The van der Waals surface area contributed by atoms with Crippen molar-refractivity contribution in [1.29, 1.82) is 0 Å². The maximum Gasteiger partial charge on any atom is 0.348 e. The predicted octanol–water partition coefficient (Wildman–Crippen LogP) is 1.83. The Bertz CT molecular complexity index is 453. The predicted molar refractivity (Wildman–Crippen MR) is 65.1 cm³/mol. The largest absolute Gasteiger partial charge is 0.465 e. The maximum absolute atomic E-state index is 11.6. The minimum Gasteiger partial charge on any atom is -0.465 e. The number of amides is 1. The van der Waals surface area contributed by atoms with Crippen LogP contribution in [0.4, 0.5) is 0 Å². The van der Waals surface area contributed by atoms with E-state index in [-0.39, 0.29) is 11.9 Å². The molecule has 0 radical (unpaired) electrons. The van der Waals surface area contributed by atoms with Gasteiger partial charge in [-0.15, -0.1) is 11.3 Å². The second-order valence-corrected chi connectivity index (χ2v) is 5.11. The average molecular weight is 253 g/mol. The van der Waals surface area contributed by atoms with Gasteiger partial charge in [-0.2, -0.15) is 0 Å². The summed E-state index contributed by atoms with van der Waals surface area (Å²) in [5.74, 6) is -0.126. The third-order valence-corrected chi connectivity index (χ3v) is 4.13. The molecule has 92 valence electrons. The summed E-state index contributed by atoms with van der Waals surface area (Å²) in [5, 5.41) is 0. The lowest BCUT2D eigenvalue weighted by molar-refractivity contribution is -0.131. The summed E-state index contributed by atoms with van der Waals surface area (Å²) in [4.78, 5) is 26.7. The van der Waals surface area contributed by atoms with Crippen LogP contribution in [0.5, 0.6) is 0 Å². The van der Waals surface area contributed by atoms with E-state index in [1.807, 2.05) is 17.9 Å². The molecule has 0 spiro atoms. The number of esters is 1. The van der Waals surface area contributed by atoms with Gasteiger partial charge in [-0.25, -0.2) is 4.79 Å². The summed E-state index contributed by atoms with van der Waals surface area (Å²) in [6.45, 7) is 3.24. The zero-order chi connectivity index (χ0) is 12.4. The number of carbonyl (C=O) groups is 2. The number of ether oxygens (including phenoxy) is 1. The first-order valence-electron chi connectivity index (χ1n) is 5.63. The highest BCUT2D eigenvalue weighted by Crippen LogP contribution is 2.28. The van der Waals surface area contributed by atoms with E-state index in [0.29, 0.717) is 17.8 Å². The molecule has 2 heterocycles. The Kier molecular flexibility index (Phi) is 3.47. The van der Waals surface area contributed by atoms with Gasteiger partial charge in [0.15, 0.2) is 0 Å². The van der Waals surface area contributed by atoms with Crippen molar-refractivity contribution in [2.45, 2.75) is 26.3 Å². The minimum atomic E-state index is -0.294. The molecule has 1 aromatic heterocycles. The molecule has 1 amide bonds. The summed E-state index contributed by atoms with van der Waals surface area (Å²) < 4.78 is 4.70. The third kappa shape index (κ3) is 2.34. The van der Waals surface area contributed by atoms with Crippen molar-refractivity contribution in [2.75, 3.05) is 13.7 Å². The summed E-state index contributed by atoms with van der Waals surface area (Å²) in [7, 11) is 1.38. The lowest BCUT2D eigenvalue weighted by Crippen LogP contribution is -2.34. The SMILES string of the molecule is CCC(=O)N1CCc2sc(C(=O)OC)cc2C1. The normalized spacial score (nSPS) is 14.4. The van der Waals surface area contributed by atoms with Crippen molar-refractivity contribution < 1.29 is 14.3 Å². The van der Waals surface area contributed by atoms with Crippen molar-refractivity contribution in [2.24, 2.45) is 0 Å². The number of rotatable bonds is 2. The van der Waals surface area contributed by atoms with Crippen LogP contribution in [0, 0.1) is 0 Å². The van der Waals surface area contributed by atoms with Crippen LogP contribution in [0.15, 0.2) is 6.07 Å².